The maximum absolute atomic E-state index is 12.2. The van der Waals surface area contributed by atoms with E-state index in [9.17, 15) is 4.79 Å². The number of nitrogens with zero attached hydrogens (tertiary/aromatic N) is 1. The highest BCUT2D eigenvalue weighted by molar-refractivity contribution is 7.14. The Morgan fingerprint density at radius 2 is 2.29 bits per heavy atom. The van der Waals surface area contributed by atoms with Crippen LogP contribution in [0.5, 0.6) is 0 Å². The largest absolute Gasteiger partial charge is 0.327 e. The van der Waals surface area contributed by atoms with Crippen molar-refractivity contribution in [1.82, 2.24) is 4.90 Å². The van der Waals surface area contributed by atoms with Crippen molar-refractivity contribution in [1.29, 1.82) is 0 Å². The molecule has 0 aromatic carbocycles. The molecule has 1 aromatic rings. The van der Waals surface area contributed by atoms with Crippen LogP contribution < -0.4 is 0 Å². The summed E-state index contributed by atoms with van der Waals surface area (Å²) >= 11 is 1.65. The second-order valence-electron chi connectivity index (χ2n) is 4.29. The summed E-state index contributed by atoms with van der Waals surface area (Å²) in [5.74, 6) is 2.63. The lowest BCUT2D eigenvalue weighted by Gasteiger charge is -2.16. The minimum absolute atomic E-state index is 0.0878. The molecule has 1 heterocycles. The fraction of sp³-hybridized carbons (Fsp3) is 0.500. The summed E-state index contributed by atoms with van der Waals surface area (Å²) < 4.78 is 0. The quantitative estimate of drug-likeness (QED) is 0.752. The maximum Gasteiger partial charge on any atom is 0.264 e. The molecule has 0 atom stereocenters. The van der Waals surface area contributed by atoms with Gasteiger partial charge in [-0.1, -0.05) is 5.92 Å². The van der Waals surface area contributed by atoms with Gasteiger partial charge in [0.1, 0.15) is 0 Å². The Morgan fingerprint density at radius 3 is 2.94 bits per heavy atom. The predicted molar refractivity (Wildman–Crippen MR) is 71.4 cm³/mol. The van der Waals surface area contributed by atoms with Gasteiger partial charge in [-0.2, -0.15) is 0 Å². The SMILES string of the molecule is C#CCN(CC)C(=O)c1cc2c(s1)CCCC2. The zero-order valence-corrected chi connectivity index (χ0v) is 11.0. The molecule has 2 rings (SSSR count). The summed E-state index contributed by atoms with van der Waals surface area (Å²) in [5, 5.41) is 0. The van der Waals surface area contributed by atoms with Gasteiger partial charge in [-0.3, -0.25) is 4.79 Å². The van der Waals surface area contributed by atoms with Crippen molar-refractivity contribution in [3.8, 4) is 12.3 Å². The molecule has 0 spiro atoms. The topological polar surface area (TPSA) is 20.3 Å². The van der Waals surface area contributed by atoms with Gasteiger partial charge in [0.2, 0.25) is 0 Å². The third kappa shape index (κ3) is 2.53. The molecule has 1 amide bonds. The molecule has 0 saturated heterocycles. The highest BCUT2D eigenvalue weighted by Gasteiger charge is 2.20. The first-order chi connectivity index (χ1) is 8.26. The lowest BCUT2D eigenvalue weighted by molar-refractivity contribution is 0.0789. The standard InChI is InChI=1S/C14H17NOS/c1-3-9-15(4-2)14(16)13-10-11-7-5-6-8-12(11)17-13/h1,10H,4-9H2,2H3. The normalized spacial score (nSPS) is 13.9. The molecule has 0 fully saturated rings. The predicted octanol–water partition coefficient (Wildman–Crippen LogP) is 2.72. The summed E-state index contributed by atoms with van der Waals surface area (Å²) in [7, 11) is 0. The molecule has 90 valence electrons. The van der Waals surface area contributed by atoms with E-state index in [4.69, 9.17) is 6.42 Å². The van der Waals surface area contributed by atoms with Gasteiger partial charge >= 0.3 is 0 Å². The van der Waals surface area contributed by atoms with Gasteiger partial charge in [-0.05, 0) is 44.2 Å². The Bertz CT molecular complexity index is 432. The molecule has 0 bridgehead atoms. The number of hydrogen-bond donors (Lipinski definition) is 0. The van der Waals surface area contributed by atoms with Crippen LogP contribution >= 0.6 is 11.3 Å². The highest BCUT2D eigenvalue weighted by atomic mass is 32.1. The molecule has 1 aliphatic rings. The molecular weight excluding hydrogens is 230 g/mol. The van der Waals surface area contributed by atoms with Crippen LogP contribution in [0.4, 0.5) is 0 Å². The fourth-order valence-corrected chi connectivity index (χ4v) is 3.41. The minimum atomic E-state index is 0.0878. The number of carbonyl (C=O) groups is 1. The maximum atomic E-state index is 12.2. The molecule has 2 nitrogen and oxygen atoms in total. The summed E-state index contributed by atoms with van der Waals surface area (Å²) in [5.41, 5.74) is 1.38. The van der Waals surface area contributed by atoms with Crippen LogP contribution in [-0.2, 0) is 12.8 Å². The third-order valence-corrected chi connectivity index (χ3v) is 4.38. The molecule has 17 heavy (non-hydrogen) atoms. The molecule has 0 N–H and O–H groups in total. The van der Waals surface area contributed by atoms with Crippen LogP contribution in [0.2, 0.25) is 0 Å². The summed E-state index contributed by atoms with van der Waals surface area (Å²) in [6.45, 7) is 3.03. The van der Waals surface area contributed by atoms with E-state index in [2.05, 4.69) is 12.0 Å². The molecule has 1 aliphatic carbocycles. The number of terminal acetylenes is 1. The Labute approximate surface area is 107 Å². The van der Waals surface area contributed by atoms with E-state index < -0.39 is 0 Å². The number of thiophene rings is 1. The second kappa shape index (κ2) is 5.37. The van der Waals surface area contributed by atoms with E-state index in [-0.39, 0.29) is 5.91 Å². The van der Waals surface area contributed by atoms with Gasteiger partial charge in [0.15, 0.2) is 0 Å². The number of amides is 1. The second-order valence-corrected chi connectivity index (χ2v) is 5.43. The molecular formula is C14H17NOS. The number of rotatable bonds is 3. The number of carbonyl (C=O) groups excluding carboxylic acids is 1. The van der Waals surface area contributed by atoms with Crippen LogP contribution in [0.1, 0.15) is 39.9 Å². The van der Waals surface area contributed by atoms with E-state index in [0.717, 1.165) is 17.7 Å². The lowest BCUT2D eigenvalue weighted by Crippen LogP contribution is -2.30. The first kappa shape index (κ1) is 12.2. The zero-order chi connectivity index (χ0) is 12.3. The number of hydrogen-bond acceptors (Lipinski definition) is 2. The van der Waals surface area contributed by atoms with Crippen molar-refractivity contribution in [2.24, 2.45) is 0 Å². The molecule has 0 aliphatic heterocycles. The third-order valence-electron chi connectivity index (χ3n) is 3.16. The van der Waals surface area contributed by atoms with Crippen molar-refractivity contribution in [3.05, 3.63) is 21.4 Å². The Balaban J connectivity index is 2.19. The van der Waals surface area contributed by atoms with Gasteiger partial charge in [0.25, 0.3) is 5.91 Å². The first-order valence-electron chi connectivity index (χ1n) is 6.10. The van der Waals surface area contributed by atoms with Crippen LogP contribution in [0.25, 0.3) is 0 Å². The Morgan fingerprint density at radius 1 is 1.53 bits per heavy atom. The smallest absolute Gasteiger partial charge is 0.264 e. The summed E-state index contributed by atoms with van der Waals surface area (Å²) in [6, 6.07) is 2.07. The first-order valence-corrected chi connectivity index (χ1v) is 6.92. The monoisotopic (exact) mass is 247 g/mol. The van der Waals surface area contributed by atoms with Crippen molar-refractivity contribution < 1.29 is 4.79 Å². The van der Waals surface area contributed by atoms with Gasteiger partial charge in [-0.15, -0.1) is 17.8 Å². The van der Waals surface area contributed by atoms with Crippen molar-refractivity contribution in [2.45, 2.75) is 32.6 Å². The van der Waals surface area contributed by atoms with Gasteiger partial charge in [0, 0.05) is 11.4 Å². The highest BCUT2D eigenvalue weighted by Crippen LogP contribution is 2.30. The van der Waals surface area contributed by atoms with E-state index in [0.29, 0.717) is 13.1 Å². The van der Waals surface area contributed by atoms with Gasteiger partial charge < -0.3 is 4.90 Å². The number of fused-ring (bicyclic) bond motifs is 1. The molecule has 1 aromatic heterocycles. The Hall–Kier alpha value is -1.27. The lowest BCUT2D eigenvalue weighted by atomic mass is 9.99. The van der Waals surface area contributed by atoms with Crippen LogP contribution in [0.15, 0.2) is 6.07 Å². The number of aryl methyl sites for hydroxylation is 2. The zero-order valence-electron chi connectivity index (χ0n) is 10.2. The summed E-state index contributed by atoms with van der Waals surface area (Å²) in [4.78, 5) is 16.2. The molecule has 0 saturated carbocycles. The average Bonchev–Trinajstić information content (AvgIpc) is 2.78. The average molecular weight is 247 g/mol. The van der Waals surface area contributed by atoms with E-state index in [1.165, 1.54) is 23.3 Å². The van der Waals surface area contributed by atoms with Gasteiger partial charge in [-0.25, -0.2) is 0 Å². The van der Waals surface area contributed by atoms with Crippen molar-refractivity contribution in [2.75, 3.05) is 13.1 Å². The van der Waals surface area contributed by atoms with E-state index in [1.807, 2.05) is 6.92 Å². The van der Waals surface area contributed by atoms with Crippen molar-refractivity contribution in [3.63, 3.8) is 0 Å². The van der Waals surface area contributed by atoms with Crippen LogP contribution in [-0.4, -0.2) is 23.9 Å². The Kier molecular flexibility index (Phi) is 3.86. The molecule has 0 unspecified atom stereocenters. The fourth-order valence-electron chi connectivity index (χ4n) is 2.19. The van der Waals surface area contributed by atoms with E-state index >= 15 is 0 Å². The van der Waals surface area contributed by atoms with Crippen molar-refractivity contribution >= 4 is 17.2 Å². The van der Waals surface area contributed by atoms with Crippen LogP contribution in [0, 0.1) is 12.3 Å². The summed E-state index contributed by atoms with van der Waals surface area (Å²) in [6.07, 6.45) is 10.0. The molecule has 3 heteroatoms. The minimum Gasteiger partial charge on any atom is -0.327 e. The van der Waals surface area contributed by atoms with Crippen LogP contribution in [0.3, 0.4) is 0 Å². The molecule has 0 radical (unpaired) electrons. The van der Waals surface area contributed by atoms with E-state index in [1.54, 1.807) is 16.2 Å². The van der Waals surface area contributed by atoms with Gasteiger partial charge in [0.05, 0.1) is 11.4 Å².